The third kappa shape index (κ3) is 3.17. The van der Waals surface area contributed by atoms with Crippen molar-refractivity contribution in [1.82, 2.24) is 9.80 Å². The summed E-state index contributed by atoms with van der Waals surface area (Å²) in [4.78, 5) is 17.3. The van der Waals surface area contributed by atoms with Crippen molar-refractivity contribution in [3.05, 3.63) is 0 Å². The highest BCUT2D eigenvalue weighted by Crippen LogP contribution is 2.40. The molecule has 0 atom stereocenters. The van der Waals surface area contributed by atoms with Crippen LogP contribution < -0.4 is 5.73 Å². The average molecular weight is 281 g/mol. The maximum Gasteiger partial charge on any atom is 0.230 e. The molecule has 0 spiro atoms. The molecular weight excluding hydrogens is 250 g/mol. The fourth-order valence-corrected chi connectivity index (χ4v) is 3.74. The van der Waals surface area contributed by atoms with Crippen molar-refractivity contribution in [2.45, 2.75) is 51.5 Å². The Morgan fingerprint density at radius 3 is 2.30 bits per heavy atom. The van der Waals surface area contributed by atoms with E-state index in [4.69, 9.17) is 5.73 Å². The topological polar surface area (TPSA) is 49.6 Å². The minimum Gasteiger partial charge on any atom is -0.342 e. The summed E-state index contributed by atoms with van der Waals surface area (Å²) in [5.41, 5.74) is 5.75. The molecule has 0 radical (unpaired) electrons. The van der Waals surface area contributed by atoms with Gasteiger partial charge in [-0.05, 0) is 64.6 Å². The zero-order valence-electron chi connectivity index (χ0n) is 13.4. The van der Waals surface area contributed by atoms with Gasteiger partial charge < -0.3 is 15.5 Å². The molecule has 2 N–H and O–H groups in total. The van der Waals surface area contributed by atoms with Crippen LogP contribution in [0.3, 0.4) is 0 Å². The van der Waals surface area contributed by atoms with Crippen LogP contribution >= 0.6 is 0 Å². The number of carbonyl (C=O) groups excluding carboxylic acids is 1. The first kappa shape index (κ1) is 15.8. The van der Waals surface area contributed by atoms with Crippen molar-refractivity contribution in [2.24, 2.45) is 17.1 Å². The van der Waals surface area contributed by atoms with E-state index in [-0.39, 0.29) is 5.41 Å². The molecule has 0 aromatic carbocycles. The van der Waals surface area contributed by atoms with E-state index in [0.717, 1.165) is 57.5 Å². The number of nitrogens with zero attached hydrogens (tertiary/aromatic N) is 2. The van der Waals surface area contributed by atoms with Crippen molar-refractivity contribution in [2.75, 3.05) is 33.7 Å². The van der Waals surface area contributed by atoms with Crippen LogP contribution in [0.1, 0.15) is 45.4 Å². The number of likely N-dealkylation sites (tertiary alicyclic amines) is 1. The van der Waals surface area contributed by atoms with Crippen LogP contribution in [0.4, 0.5) is 0 Å². The number of rotatable bonds is 3. The smallest absolute Gasteiger partial charge is 0.230 e. The Labute approximate surface area is 123 Å². The molecule has 1 aliphatic carbocycles. The second kappa shape index (κ2) is 6.44. The van der Waals surface area contributed by atoms with Crippen molar-refractivity contribution in [3.8, 4) is 0 Å². The summed E-state index contributed by atoms with van der Waals surface area (Å²) >= 11 is 0. The quantitative estimate of drug-likeness (QED) is 0.856. The lowest BCUT2D eigenvalue weighted by molar-refractivity contribution is -0.145. The predicted octanol–water partition coefficient (Wildman–Crippen LogP) is 1.69. The van der Waals surface area contributed by atoms with Crippen LogP contribution in [0, 0.1) is 11.3 Å². The third-order valence-electron chi connectivity index (χ3n) is 5.63. The van der Waals surface area contributed by atoms with Gasteiger partial charge in [0.1, 0.15) is 0 Å². The molecule has 2 aliphatic rings. The molecule has 1 saturated heterocycles. The second-order valence-corrected chi connectivity index (χ2v) is 7.12. The van der Waals surface area contributed by atoms with Crippen molar-refractivity contribution >= 4 is 5.91 Å². The van der Waals surface area contributed by atoms with Crippen molar-refractivity contribution in [3.63, 3.8) is 0 Å². The van der Waals surface area contributed by atoms with Gasteiger partial charge in [0.25, 0.3) is 0 Å². The summed E-state index contributed by atoms with van der Waals surface area (Å²) in [5, 5.41) is 0. The van der Waals surface area contributed by atoms with Gasteiger partial charge in [0, 0.05) is 19.6 Å². The maximum absolute atomic E-state index is 13.0. The van der Waals surface area contributed by atoms with E-state index in [2.05, 4.69) is 18.9 Å². The molecule has 2 rings (SSSR count). The first-order valence-electron chi connectivity index (χ1n) is 8.14. The lowest BCUT2D eigenvalue weighted by Gasteiger charge is -2.43. The lowest BCUT2D eigenvalue weighted by Crippen LogP contribution is -2.53. The van der Waals surface area contributed by atoms with E-state index in [1.54, 1.807) is 0 Å². The highest BCUT2D eigenvalue weighted by atomic mass is 16.2. The number of amides is 1. The summed E-state index contributed by atoms with van der Waals surface area (Å²) in [6.45, 7) is 4.98. The molecular formula is C16H31N3O. The lowest BCUT2D eigenvalue weighted by atomic mass is 9.69. The normalized spacial score (nSPS) is 33.1. The van der Waals surface area contributed by atoms with Gasteiger partial charge in [-0.25, -0.2) is 0 Å². The Morgan fingerprint density at radius 2 is 1.80 bits per heavy atom. The van der Waals surface area contributed by atoms with E-state index >= 15 is 0 Å². The number of hydrogen-bond acceptors (Lipinski definition) is 3. The van der Waals surface area contributed by atoms with Crippen LogP contribution in [0.5, 0.6) is 0 Å². The molecule has 4 heteroatoms. The Morgan fingerprint density at radius 1 is 1.25 bits per heavy atom. The van der Waals surface area contributed by atoms with E-state index < -0.39 is 0 Å². The number of hydrogen-bond donors (Lipinski definition) is 1. The summed E-state index contributed by atoms with van der Waals surface area (Å²) in [5.74, 6) is 1.05. The molecule has 0 bridgehead atoms. The minimum atomic E-state index is -0.273. The van der Waals surface area contributed by atoms with E-state index in [9.17, 15) is 4.79 Å². The number of nitrogens with two attached hydrogens (primary N) is 1. The minimum absolute atomic E-state index is 0.273. The molecule has 0 aromatic rings. The van der Waals surface area contributed by atoms with Gasteiger partial charge in [0.05, 0.1) is 5.41 Å². The molecule has 0 aromatic heterocycles. The van der Waals surface area contributed by atoms with Crippen LogP contribution in [0.2, 0.25) is 0 Å². The van der Waals surface area contributed by atoms with Crippen LogP contribution in [-0.4, -0.2) is 55.5 Å². The highest BCUT2D eigenvalue weighted by molar-refractivity contribution is 5.83. The van der Waals surface area contributed by atoms with Gasteiger partial charge in [-0.2, -0.15) is 0 Å². The van der Waals surface area contributed by atoms with Gasteiger partial charge in [-0.3, -0.25) is 4.79 Å². The molecule has 116 valence electrons. The SMILES string of the molecule is CC1CCC(CN)(C(=O)N(C)C2CCN(C)CC2)CC1. The Hall–Kier alpha value is -0.610. The third-order valence-corrected chi connectivity index (χ3v) is 5.63. The van der Waals surface area contributed by atoms with Crippen LogP contribution in [0.15, 0.2) is 0 Å². The molecule has 1 amide bonds. The van der Waals surface area contributed by atoms with Gasteiger partial charge >= 0.3 is 0 Å². The van der Waals surface area contributed by atoms with Gasteiger partial charge in [-0.15, -0.1) is 0 Å². The van der Waals surface area contributed by atoms with Gasteiger partial charge in [0.2, 0.25) is 5.91 Å². The number of carbonyl (C=O) groups is 1. The average Bonchev–Trinajstić information content (AvgIpc) is 2.48. The maximum atomic E-state index is 13.0. The van der Waals surface area contributed by atoms with E-state index in [0.29, 0.717) is 18.5 Å². The molecule has 2 fully saturated rings. The van der Waals surface area contributed by atoms with Crippen molar-refractivity contribution in [1.29, 1.82) is 0 Å². The monoisotopic (exact) mass is 281 g/mol. The summed E-state index contributed by atoms with van der Waals surface area (Å²) in [7, 11) is 4.15. The Kier molecular flexibility index (Phi) is 5.08. The number of piperidine rings is 1. The Balaban J connectivity index is 2.01. The van der Waals surface area contributed by atoms with E-state index in [1.165, 1.54) is 0 Å². The summed E-state index contributed by atoms with van der Waals surface area (Å²) < 4.78 is 0. The predicted molar refractivity (Wildman–Crippen MR) is 82.4 cm³/mol. The van der Waals surface area contributed by atoms with Crippen LogP contribution in [0.25, 0.3) is 0 Å². The summed E-state index contributed by atoms with van der Waals surface area (Å²) in [6.07, 6.45) is 6.42. The first-order chi connectivity index (χ1) is 9.48. The molecule has 1 aliphatic heterocycles. The molecule has 1 saturated carbocycles. The van der Waals surface area contributed by atoms with Crippen LogP contribution in [-0.2, 0) is 4.79 Å². The second-order valence-electron chi connectivity index (χ2n) is 7.12. The van der Waals surface area contributed by atoms with Gasteiger partial charge in [-0.1, -0.05) is 6.92 Å². The zero-order chi connectivity index (χ0) is 14.8. The largest absolute Gasteiger partial charge is 0.342 e. The molecule has 20 heavy (non-hydrogen) atoms. The van der Waals surface area contributed by atoms with E-state index in [1.807, 2.05) is 11.9 Å². The summed E-state index contributed by atoms with van der Waals surface area (Å²) in [6, 6.07) is 0.404. The first-order valence-corrected chi connectivity index (χ1v) is 8.14. The van der Waals surface area contributed by atoms with Gasteiger partial charge in [0.15, 0.2) is 0 Å². The fraction of sp³-hybridized carbons (Fsp3) is 0.938. The zero-order valence-corrected chi connectivity index (χ0v) is 13.4. The molecule has 0 unspecified atom stereocenters. The highest BCUT2D eigenvalue weighted by Gasteiger charge is 2.42. The standard InChI is InChI=1S/C16H31N3O/c1-13-4-8-16(12-17,9-5-13)15(20)19(3)14-6-10-18(2)11-7-14/h13-14H,4-12,17H2,1-3H3. The van der Waals surface area contributed by atoms with Crippen molar-refractivity contribution < 1.29 is 4.79 Å². The fourth-order valence-electron chi connectivity index (χ4n) is 3.74. The molecule has 1 heterocycles. The molecule has 4 nitrogen and oxygen atoms in total. The Bertz CT molecular complexity index is 329.